The molecular formula is C24H27N5O5S. The Hall–Kier alpha value is -3.70. The normalized spacial score (nSPS) is 12.0. The fourth-order valence-electron chi connectivity index (χ4n) is 4.11. The molecule has 0 spiro atoms. The minimum Gasteiger partial charge on any atom is -0.361 e. The second kappa shape index (κ2) is 9.51. The number of aromatic nitrogens is 3. The predicted molar refractivity (Wildman–Crippen MR) is 134 cm³/mol. The average Bonchev–Trinajstić information content (AvgIpc) is 3.25. The monoisotopic (exact) mass is 497 g/mol. The van der Waals surface area contributed by atoms with Crippen molar-refractivity contribution in [3.05, 3.63) is 74.9 Å². The lowest BCUT2D eigenvalue weighted by Crippen LogP contribution is -2.44. The number of hydrogen-bond donors (Lipinski definition) is 2. The number of H-pyrrole nitrogens is 1. The SMILES string of the molecule is CCn1c(=O)c(=O)n(CC(=O)NCCc2c[nH]c3ccccc23)c2cc(S(=O)(=O)N(C)C)ccc21. The highest BCUT2D eigenvalue weighted by molar-refractivity contribution is 7.89. The highest BCUT2D eigenvalue weighted by Crippen LogP contribution is 2.20. The van der Waals surface area contributed by atoms with Gasteiger partial charge in [0.1, 0.15) is 6.54 Å². The lowest BCUT2D eigenvalue weighted by atomic mass is 10.1. The molecule has 2 heterocycles. The number of aromatic amines is 1. The van der Waals surface area contributed by atoms with Gasteiger partial charge in [0.05, 0.1) is 15.9 Å². The van der Waals surface area contributed by atoms with Crippen molar-refractivity contribution in [3.63, 3.8) is 0 Å². The van der Waals surface area contributed by atoms with E-state index >= 15 is 0 Å². The van der Waals surface area contributed by atoms with E-state index in [9.17, 15) is 22.8 Å². The molecule has 184 valence electrons. The lowest BCUT2D eigenvalue weighted by Gasteiger charge is -2.16. The second-order valence-corrected chi connectivity index (χ2v) is 10.5. The fraction of sp³-hybridized carbons (Fsp3) is 0.292. The van der Waals surface area contributed by atoms with Crippen LogP contribution in [0.25, 0.3) is 21.9 Å². The van der Waals surface area contributed by atoms with Gasteiger partial charge in [-0.2, -0.15) is 0 Å². The van der Waals surface area contributed by atoms with Gasteiger partial charge in [-0.15, -0.1) is 0 Å². The molecule has 35 heavy (non-hydrogen) atoms. The van der Waals surface area contributed by atoms with Crippen LogP contribution >= 0.6 is 0 Å². The van der Waals surface area contributed by atoms with Gasteiger partial charge in [0.25, 0.3) is 0 Å². The van der Waals surface area contributed by atoms with Gasteiger partial charge in [0, 0.05) is 44.3 Å². The Kier molecular flexibility index (Phi) is 6.64. The first-order valence-corrected chi connectivity index (χ1v) is 12.6. The van der Waals surface area contributed by atoms with E-state index in [-0.39, 0.29) is 17.0 Å². The zero-order valence-corrected chi connectivity index (χ0v) is 20.6. The molecule has 0 saturated heterocycles. The topological polar surface area (TPSA) is 126 Å². The number of nitrogens with one attached hydrogen (secondary N) is 2. The molecule has 0 bridgehead atoms. The standard InChI is InChI=1S/C24H27N5O5S/c1-4-28-20-10-9-17(35(33,34)27(2)3)13-21(20)29(24(32)23(28)31)15-22(30)25-12-11-16-14-26-19-8-6-5-7-18(16)19/h5-10,13-14,26H,4,11-12,15H2,1-3H3,(H,25,30). The molecule has 0 aliphatic rings. The van der Waals surface area contributed by atoms with Crippen molar-refractivity contribution in [2.45, 2.75) is 31.3 Å². The Labute approximate surface area is 201 Å². The summed E-state index contributed by atoms with van der Waals surface area (Å²) in [6.07, 6.45) is 2.47. The third-order valence-corrected chi connectivity index (χ3v) is 7.80. The van der Waals surface area contributed by atoms with Crippen LogP contribution in [-0.4, -0.2) is 53.4 Å². The molecule has 0 unspecified atom stereocenters. The minimum absolute atomic E-state index is 0.0378. The van der Waals surface area contributed by atoms with Crippen LogP contribution in [0.4, 0.5) is 0 Å². The summed E-state index contributed by atoms with van der Waals surface area (Å²) in [7, 11) is -0.979. The summed E-state index contributed by atoms with van der Waals surface area (Å²) in [5, 5.41) is 3.86. The number of benzene rings is 2. The lowest BCUT2D eigenvalue weighted by molar-refractivity contribution is -0.121. The van der Waals surface area contributed by atoms with E-state index in [0.29, 0.717) is 18.5 Å². The van der Waals surface area contributed by atoms with E-state index < -0.39 is 33.6 Å². The van der Waals surface area contributed by atoms with E-state index in [1.54, 1.807) is 6.92 Å². The quantitative estimate of drug-likeness (QED) is 0.355. The molecule has 4 aromatic rings. The molecule has 4 rings (SSSR count). The van der Waals surface area contributed by atoms with E-state index in [1.807, 2.05) is 30.5 Å². The fourth-order valence-corrected chi connectivity index (χ4v) is 5.04. The number of carbonyl (C=O) groups is 1. The molecule has 1 amide bonds. The number of aryl methyl sites for hydroxylation is 1. The van der Waals surface area contributed by atoms with Gasteiger partial charge in [-0.05, 0) is 43.2 Å². The molecule has 0 aliphatic heterocycles. The Morgan fingerprint density at radius 1 is 1.03 bits per heavy atom. The predicted octanol–water partition coefficient (Wildman–Crippen LogP) is 1.27. The van der Waals surface area contributed by atoms with Crippen molar-refractivity contribution in [1.82, 2.24) is 23.7 Å². The van der Waals surface area contributed by atoms with Crippen LogP contribution in [-0.2, 0) is 34.3 Å². The molecule has 0 fully saturated rings. The van der Waals surface area contributed by atoms with E-state index in [2.05, 4.69) is 10.3 Å². The maximum absolute atomic E-state index is 12.9. The summed E-state index contributed by atoms with van der Waals surface area (Å²) in [6.45, 7) is 1.86. The van der Waals surface area contributed by atoms with Gasteiger partial charge < -0.3 is 14.9 Å². The Morgan fingerprint density at radius 3 is 2.46 bits per heavy atom. The zero-order chi connectivity index (χ0) is 25.3. The number of para-hydroxylation sites is 1. The number of amides is 1. The third kappa shape index (κ3) is 4.52. The average molecular weight is 498 g/mol. The van der Waals surface area contributed by atoms with Gasteiger partial charge in [-0.1, -0.05) is 18.2 Å². The van der Waals surface area contributed by atoms with Gasteiger partial charge in [-0.3, -0.25) is 19.0 Å². The molecule has 10 nitrogen and oxygen atoms in total. The first kappa shape index (κ1) is 24.4. The summed E-state index contributed by atoms with van der Waals surface area (Å²) >= 11 is 0. The van der Waals surface area contributed by atoms with Crippen LogP contribution in [0, 0.1) is 0 Å². The van der Waals surface area contributed by atoms with E-state index in [0.717, 1.165) is 25.3 Å². The van der Waals surface area contributed by atoms with Gasteiger partial charge in [0.2, 0.25) is 15.9 Å². The van der Waals surface area contributed by atoms with Crippen LogP contribution in [0.2, 0.25) is 0 Å². The number of sulfonamides is 1. The molecule has 0 saturated carbocycles. The number of carbonyl (C=O) groups excluding carboxylic acids is 1. The molecule has 2 aromatic carbocycles. The van der Waals surface area contributed by atoms with Crippen LogP contribution in [0.3, 0.4) is 0 Å². The van der Waals surface area contributed by atoms with Crippen molar-refractivity contribution < 1.29 is 13.2 Å². The first-order valence-electron chi connectivity index (χ1n) is 11.2. The summed E-state index contributed by atoms with van der Waals surface area (Å²) < 4.78 is 28.7. The molecule has 0 radical (unpaired) electrons. The minimum atomic E-state index is -3.79. The summed E-state index contributed by atoms with van der Waals surface area (Å²) in [4.78, 5) is 41.4. The summed E-state index contributed by atoms with van der Waals surface area (Å²) in [6, 6.07) is 12.1. The smallest absolute Gasteiger partial charge is 0.317 e. The number of hydrogen-bond acceptors (Lipinski definition) is 5. The van der Waals surface area contributed by atoms with Crippen LogP contribution in [0.15, 0.2) is 63.1 Å². The maximum atomic E-state index is 12.9. The molecule has 0 atom stereocenters. The van der Waals surface area contributed by atoms with Crippen molar-refractivity contribution >= 4 is 37.9 Å². The van der Waals surface area contributed by atoms with Gasteiger partial charge >= 0.3 is 11.1 Å². The maximum Gasteiger partial charge on any atom is 0.317 e. The largest absolute Gasteiger partial charge is 0.361 e. The Balaban J connectivity index is 1.64. The highest BCUT2D eigenvalue weighted by atomic mass is 32.2. The number of rotatable bonds is 8. The van der Waals surface area contributed by atoms with Crippen molar-refractivity contribution in [1.29, 1.82) is 0 Å². The van der Waals surface area contributed by atoms with Gasteiger partial charge in [-0.25, -0.2) is 12.7 Å². The van der Waals surface area contributed by atoms with Crippen molar-refractivity contribution in [2.75, 3.05) is 20.6 Å². The Bertz CT molecular complexity index is 1650. The molecule has 11 heteroatoms. The molecular weight excluding hydrogens is 470 g/mol. The molecule has 2 aromatic heterocycles. The second-order valence-electron chi connectivity index (χ2n) is 8.34. The Morgan fingerprint density at radius 2 is 1.74 bits per heavy atom. The van der Waals surface area contributed by atoms with Crippen LogP contribution in [0.5, 0.6) is 0 Å². The molecule has 0 aliphatic carbocycles. The van der Waals surface area contributed by atoms with E-state index in [4.69, 9.17) is 0 Å². The number of fused-ring (bicyclic) bond motifs is 2. The third-order valence-electron chi connectivity index (χ3n) is 5.99. The highest BCUT2D eigenvalue weighted by Gasteiger charge is 2.21. The van der Waals surface area contributed by atoms with Crippen molar-refractivity contribution in [2.24, 2.45) is 0 Å². The number of nitrogens with zero attached hydrogens (tertiary/aromatic N) is 3. The first-order chi connectivity index (χ1) is 16.6. The zero-order valence-electron chi connectivity index (χ0n) is 19.7. The van der Waals surface area contributed by atoms with E-state index in [1.165, 1.54) is 36.9 Å². The summed E-state index contributed by atoms with van der Waals surface area (Å²) in [5.41, 5.74) is 0.979. The van der Waals surface area contributed by atoms with Crippen LogP contribution in [0.1, 0.15) is 12.5 Å². The van der Waals surface area contributed by atoms with Crippen LogP contribution < -0.4 is 16.4 Å². The summed E-state index contributed by atoms with van der Waals surface area (Å²) in [5.74, 6) is -0.456. The van der Waals surface area contributed by atoms with Gasteiger partial charge in [0.15, 0.2) is 0 Å². The van der Waals surface area contributed by atoms with Crippen molar-refractivity contribution in [3.8, 4) is 0 Å². The molecule has 2 N–H and O–H groups in total.